The number of hydrogen-bond donors (Lipinski definition) is 1. The molecule has 0 heterocycles. The van der Waals surface area contributed by atoms with Gasteiger partial charge in [0.2, 0.25) is 0 Å². The molecule has 104 valence electrons. The number of benzene rings is 2. The van der Waals surface area contributed by atoms with E-state index in [2.05, 4.69) is 15.9 Å². The topological polar surface area (TPSA) is 52.3 Å². The Kier molecular flexibility index (Phi) is 4.45. The summed E-state index contributed by atoms with van der Waals surface area (Å²) in [5.41, 5.74) is 8.48. The maximum atomic E-state index is 12.6. The van der Waals surface area contributed by atoms with Crippen LogP contribution in [0.25, 0.3) is 0 Å². The summed E-state index contributed by atoms with van der Waals surface area (Å²) in [6, 6.07) is 10.8. The Morgan fingerprint density at radius 2 is 1.95 bits per heavy atom. The SMILES string of the molecule is CCOc1ccc(C(=O)c2cc(C)ccc2N)c(Br)c1. The highest BCUT2D eigenvalue weighted by Gasteiger charge is 2.16. The third-order valence-corrected chi connectivity index (χ3v) is 3.61. The molecule has 2 aromatic rings. The van der Waals surface area contributed by atoms with Crippen molar-refractivity contribution < 1.29 is 9.53 Å². The second-order valence-electron chi connectivity index (χ2n) is 4.49. The van der Waals surface area contributed by atoms with E-state index in [1.54, 1.807) is 30.3 Å². The number of rotatable bonds is 4. The Hall–Kier alpha value is -1.81. The van der Waals surface area contributed by atoms with Gasteiger partial charge in [0.25, 0.3) is 0 Å². The first kappa shape index (κ1) is 14.6. The zero-order valence-corrected chi connectivity index (χ0v) is 13.0. The molecule has 3 nitrogen and oxygen atoms in total. The fourth-order valence-corrected chi connectivity index (χ4v) is 2.49. The van der Waals surface area contributed by atoms with Crippen LogP contribution in [-0.4, -0.2) is 12.4 Å². The molecule has 2 N–H and O–H groups in total. The molecular formula is C16H16BrNO2. The van der Waals surface area contributed by atoms with Crippen LogP contribution < -0.4 is 10.5 Å². The van der Waals surface area contributed by atoms with Crippen molar-refractivity contribution >= 4 is 27.4 Å². The van der Waals surface area contributed by atoms with Crippen LogP contribution in [-0.2, 0) is 0 Å². The molecule has 0 aromatic heterocycles. The molecular weight excluding hydrogens is 318 g/mol. The van der Waals surface area contributed by atoms with E-state index in [-0.39, 0.29) is 5.78 Å². The average molecular weight is 334 g/mol. The minimum absolute atomic E-state index is 0.0962. The quantitative estimate of drug-likeness (QED) is 0.680. The molecule has 0 aliphatic carbocycles. The molecule has 0 bridgehead atoms. The standard InChI is InChI=1S/C16H16BrNO2/c1-3-20-11-5-6-12(14(17)9-11)16(19)13-8-10(2)4-7-15(13)18/h4-9H,3,18H2,1-2H3. The molecule has 0 amide bonds. The van der Waals surface area contributed by atoms with E-state index >= 15 is 0 Å². The van der Waals surface area contributed by atoms with Crippen LogP contribution >= 0.6 is 15.9 Å². The smallest absolute Gasteiger partial charge is 0.196 e. The van der Waals surface area contributed by atoms with Crippen molar-refractivity contribution in [1.82, 2.24) is 0 Å². The summed E-state index contributed by atoms with van der Waals surface area (Å²) in [7, 11) is 0. The lowest BCUT2D eigenvalue weighted by Gasteiger charge is -2.09. The zero-order chi connectivity index (χ0) is 14.7. The maximum Gasteiger partial charge on any atom is 0.196 e. The lowest BCUT2D eigenvalue weighted by atomic mass is 10.00. The number of aryl methyl sites for hydroxylation is 1. The number of carbonyl (C=O) groups is 1. The molecule has 0 atom stereocenters. The summed E-state index contributed by atoms with van der Waals surface area (Å²) < 4.78 is 6.11. The predicted octanol–water partition coefficient (Wildman–Crippen LogP) is 3.97. The molecule has 0 aliphatic rings. The van der Waals surface area contributed by atoms with Crippen molar-refractivity contribution in [1.29, 1.82) is 0 Å². The van der Waals surface area contributed by atoms with Gasteiger partial charge in [-0.25, -0.2) is 0 Å². The van der Waals surface area contributed by atoms with Gasteiger partial charge in [-0.3, -0.25) is 4.79 Å². The summed E-state index contributed by atoms with van der Waals surface area (Å²) in [5.74, 6) is 0.634. The number of ketones is 1. The summed E-state index contributed by atoms with van der Waals surface area (Å²) in [6.07, 6.45) is 0. The van der Waals surface area contributed by atoms with Gasteiger partial charge in [-0.15, -0.1) is 0 Å². The van der Waals surface area contributed by atoms with Gasteiger partial charge >= 0.3 is 0 Å². The van der Waals surface area contributed by atoms with Crippen LogP contribution in [0.5, 0.6) is 5.75 Å². The Labute approximate surface area is 126 Å². The molecule has 20 heavy (non-hydrogen) atoms. The first-order valence-corrected chi connectivity index (χ1v) is 7.15. The summed E-state index contributed by atoms with van der Waals surface area (Å²) in [5, 5.41) is 0. The lowest BCUT2D eigenvalue weighted by Crippen LogP contribution is -2.07. The largest absolute Gasteiger partial charge is 0.494 e. The Bertz CT molecular complexity index is 653. The molecule has 2 rings (SSSR count). The number of anilines is 1. The van der Waals surface area contributed by atoms with Gasteiger partial charge in [0.1, 0.15) is 5.75 Å². The normalized spacial score (nSPS) is 10.3. The first-order valence-electron chi connectivity index (χ1n) is 6.36. The van der Waals surface area contributed by atoms with E-state index in [1.165, 1.54) is 0 Å². The summed E-state index contributed by atoms with van der Waals surface area (Å²) in [4.78, 5) is 12.6. The van der Waals surface area contributed by atoms with Gasteiger partial charge in [0, 0.05) is 21.3 Å². The van der Waals surface area contributed by atoms with Gasteiger partial charge < -0.3 is 10.5 Å². The number of halogens is 1. The second-order valence-corrected chi connectivity index (χ2v) is 5.35. The number of nitrogen functional groups attached to an aromatic ring is 1. The third-order valence-electron chi connectivity index (χ3n) is 2.95. The minimum atomic E-state index is -0.0962. The highest BCUT2D eigenvalue weighted by molar-refractivity contribution is 9.10. The van der Waals surface area contributed by atoms with Gasteiger partial charge in [0.05, 0.1) is 6.61 Å². The fraction of sp³-hybridized carbons (Fsp3) is 0.188. The third kappa shape index (κ3) is 3.02. The van der Waals surface area contributed by atoms with E-state index in [0.29, 0.717) is 27.9 Å². The van der Waals surface area contributed by atoms with E-state index in [9.17, 15) is 4.79 Å². The number of ether oxygens (including phenoxy) is 1. The van der Waals surface area contributed by atoms with Crippen molar-refractivity contribution in [2.45, 2.75) is 13.8 Å². The molecule has 0 spiro atoms. The van der Waals surface area contributed by atoms with Crippen LogP contribution in [0.15, 0.2) is 40.9 Å². The molecule has 0 radical (unpaired) electrons. The van der Waals surface area contributed by atoms with Crippen molar-refractivity contribution in [2.24, 2.45) is 0 Å². The van der Waals surface area contributed by atoms with Crippen molar-refractivity contribution in [3.8, 4) is 5.75 Å². The molecule has 0 saturated carbocycles. The summed E-state index contributed by atoms with van der Waals surface area (Å²) in [6.45, 7) is 4.44. The van der Waals surface area contributed by atoms with Gasteiger partial charge in [0.15, 0.2) is 5.78 Å². The minimum Gasteiger partial charge on any atom is -0.494 e. The van der Waals surface area contributed by atoms with Crippen LogP contribution in [0.4, 0.5) is 5.69 Å². The molecule has 4 heteroatoms. The van der Waals surface area contributed by atoms with E-state index in [0.717, 1.165) is 11.3 Å². The number of hydrogen-bond acceptors (Lipinski definition) is 3. The highest BCUT2D eigenvalue weighted by atomic mass is 79.9. The highest BCUT2D eigenvalue weighted by Crippen LogP contribution is 2.27. The Morgan fingerprint density at radius 1 is 1.20 bits per heavy atom. The van der Waals surface area contributed by atoms with Crippen LogP contribution in [0.3, 0.4) is 0 Å². The molecule has 0 saturated heterocycles. The van der Waals surface area contributed by atoms with E-state index in [1.807, 2.05) is 19.9 Å². The fourth-order valence-electron chi connectivity index (χ4n) is 1.95. The lowest BCUT2D eigenvalue weighted by molar-refractivity contribution is 0.103. The van der Waals surface area contributed by atoms with Crippen molar-refractivity contribution in [3.63, 3.8) is 0 Å². The maximum absolute atomic E-state index is 12.6. The summed E-state index contributed by atoms with van der Waals surface area (Å²) >= 11 is 3.42. The Morgan fingerprint density at radius 3 is 2.60 bits per heavy atom. The second kappa shape index (κ2) is 6.09. The van der Waals surface area contributed by atoms with Gasteiger partial charge in [-0.2, -0.15) is 0 Å². The average Bonchev–Trinajstić information content (AvgIpc) is 2.41. The van der Waals surface area contributed by atoms with Gasteiger partial charge in [-0.05, 0) is 60.1 Å². The number of carbonyl (C=O) groups excluding carboxylic acids is 1. The number of nitrogens with two attached hydrogens (primary N) is 1. The molecule has 0 fully saturated rings. The predicted molar refractivity (Wildman–Crippen MR) is 84.3 cm³/mol. The van der Waals surface area contributed by atoms with E-state index in [4.69, 9.17) is 10.5 Å². The van der Waals surface area contributed by atoms with Gasteiger partial charge in [-0.1, -0.05) is 11.6 Å². The monoisotopic (exact) mass is 333 g/mol. The zero-order valence-electron chi connectivity index (χ0n) is 11.4. The van der Waals surface area contributed by atoms with Crippen molar-refractivity contribution in [2.75, 3.05) is 12.3 Å². The van der Waals surface area contributed by atoms with E-state index < -0.39 is 0 Å². The molecule has 2 aromatic carbocycles. The van der Waals surface area contributed by atoms with Crippen LogP contribution in [0.1, 0.15) is 28.4 Å². The Balaban J connectivity index is 2.40. The van der Waals surface area contributed by atoms with Crippen LogP contribution in [0, 0.1) is 6.92 Å². The molecule has 0 unspecified atom stereocenters. The van der Waals surface area contributed by atoms with Crippen LogP contribution in [0.2, 0.25) is 0 Å². The first-order chi connectivity index (χ1) is 9.52. The molecule has 0 aliphatic heterocycles. The van der Waals surface area contributed by atoms with Crippen molar-refractivity contribution in [3.05, 3.63) is 57.6 Å².